The van der Waals surface area contributed by atoms with Gasteiger partial charge in [0.05, 0.1) is 18.8 Å². The predicted molar refractivity (Wildman–Crippen MR) is 281 cm³/mol. The second kappa shape index (κ2) is 31.0. The maximum Gasteiger partial charge on any atom is 0.326 e. The lowest BCUT2D eigenvalue weighted by molar-refractivity contribution is -0.145. The second-order valence-corrected chi connectivity index (χ2v) is 19.0. The molecule has 7 amide bonds. The molecule has 18 N–H and O–H groups in total. The third-order valence-corrected chi connectivity index (χ3v) is 13.0. The summed E-state index contributed by atoms with van der Waals surface area (Å²) in [6, 6.07) is 3.88. The highest BCUT2D eigenvalue weighted by atomic mass is 16.4. The minimum Gasteiger partial charge on any atom is -0.508 e. The van der Waals surface area contributed by atoms with Crippen molar-refractivity contribution in [3.8, 4) is 5.75 Å². The van der Waals surface area contributed by atoms with Gasteiger partial charge in [-0.2, -0.15) is 0 Å². The molecule has 0 unspecified atom stereocenters. The number of nitrogens with one attached hydrogen (secondary N) is 7. The molecule has 77 heavy (non-hydrogen) atoms. The van der Waals surface area contributed by atoms with Gasteiger partial charge in [0, 0.05) is 44.2 Å². The number of nitrogens with two attached hydrogens (primary N) is 4. The molecule has 0 spiro atoms. The number of phenols is 1. The molecule has 9 atom stereocenters. The number of aliphatic carboxylic acids is 2. The Morgan fingerprint density at radius 3 is 1.94 bits per heavy atom. The highest BCUT2D eigenvalue weighted by molar-refractivity contribution is 5.98. The number of H-pyrrole nitrogens is 1. The molecule has 0 aliphatic carbocycles. The normalized spacial score (nSPS) is 16.2. The fourth-order valence-corrected chi connectivity index (χ4v) is 8.57. The number of hydrogen-bond acceptors (Lipinski definition) is 14. The smallest absolute Gasteiger partial charge is 0.326 e. The highest BCUT2D eigenvalue weighted by Gasteiger charge is 2.41. The number of benzene rings is 2. The zero-order chi connectivity index (χ0) is 56.6. The Bertz CT molecular complexity index is 2480. The number of likely N-dealkylation sites (tertiary alicyclic amines) is 1. The number of guanidine groups is 1. The highest BCUT2D eigenvalue weighted by Crippen LogP contribution is 2.21. The molecule has 26 nitrogen and oxygen atoms in total. The van der Waals surface area contributed by atoms with Crippen molar-refractivity contribution in [1.29, 1.82) is 0 Å². The average molecular weight is 1080 g/mol. The van der Waals surface area contributed by atoms with Crippen LogP contribution in [0, 0.1) is 5.92 Å². The van der Waals surface area contributed by atoms with Gasteiger partial charge in [0.2, 0.25) is 41.4 Å². The number of carbonyl (C=O) groups is 9. The van der Waals surface area contributed by atoms with Crippen molar-refractivity contribution in [3.05, 3.63) is 83.9 Å². The molecule has 420 valence electrons. The van der Waals surface area contributed by atoms with Crippen molar-refractivity contribution in [3.63, 3.8) is 0 Å². The van der Waals surface area contributed by atoms with Crippen LogP contribution in [0.5, 0.6) is 5.75 Å². The lowest BCUT2D eigenvalue weighted by Crippen LogP contribution is -2.61. The van der Waals surface area contributed by atoms with Crippen molar-refractivity contribution in [2.45, 2.75) is 139 Å². The van der Waals surface area contributed by atoms with Gasteiger partial charge in [-0.25, -0.2) is 9.78 Å². The molecule has 1 aliphatic rings. The molecule has 26 heteroatoms. The zero-order valence-electron chi connectivity index (χ0n) is 43.3. The van der Waals surface area contributed by atoms with Gasteiger partial charge < -0.3 is 80.0 Å². The fraction of sp³-hybridized carbons (Fsp3) is 0.510. The van der Waals surface area contributed by atoms with Gasteiger partial charge in [-0.05, 0) is 80.7 Å². The monoisotopic (exact) mass is 1070 g/mol. The molecular formula is C51H74N14O12. The van der Waals surface area contributed by atoms with Crippen molar-refractivity contribution in [1.82, 2.24) is 46.8 Å². The summed E-state index contributed by atoms with van der Waals surface area (Å²) >= 11 is 0. The van der Waals surface area contributed by atoms with E-state index in [1.807, 2.05) is 0 Å². The van der Waals surface area contributed by atoms with Crippen LogP contribution in [0.25, 0.3) is 0 Å². The van der Waals surface area contributed by atoms with Crippen molar-refractivity contribution in [2.75, 3.05) is 19.6 Å². The summed E-state index contributed by atoms with van der Waals surface area (Å²) in [5.41, 5.74) is 24.0. The summed E-state index contributed by atoms with van der Waals surface area (Å²) in [6.07, 6.45) is 3.62. The maximum atomic E-state index is 14.6. The van der Waals surface area contributed by atoms with Crippen molar-refractivity contribution < 1.29 is 58.5 Å². The van der Waals surface area contributed by atoms with Crippen LogP contribution in [-0.2, 0) is 62.4 Å². The van der Waals surface area contributed by atoms with Crippen LogP contribution < -0.4 is 54.8 Å². The Morgan fingerprint density at radius 2 is 1.34 bits per heavy atom. The number of aliphatic imine (C=N–C) groups is 1. The predicted octanol–water partition coefficient (Wildman–Crippen LogP) is -1.84. The number of carboxylic acid groups (broad SMARTS) is 2. The first-order valence-corrected chi connectivity index (χ1v) is 25.6. The second-order valence-electron chi connectivity index (χ2n) is 19.0. The molecule has 3 aromatic rings. The Labute approximate surface area is 445 Å². The van der Waals surface area contributed by atoms with Gasteiger partial charge in [-0.15, -0.1) is 0 Å². The molecule has 0 bridgehead atoms. The number of nitrogens with zero attached hydrogens (tertiary/aromatic N) is 3. The first kappa shape index (κ1) is 61.4. The molecule has 2 aromatic carbocycles. The number of hydrogen-bond donors (Lipinski definition) is 14. The minimum atomic E-state index is -1.52. The topological polar surface area (TPSA) is 435 Å². The first-order chi connectivity index (χ1) is 36.7. The number of aromatic hydroxyl groups is 1. The van der Waals surface area contributed by atoms with E-state index < -0.39 is 114 Å². The summed E-state index contributed by atoms with van der Waals surface area (Å²) in [4.78, 5) is 135. The van der Waals surface area contributed by atoms with Crippen LogP contribution in [-0.4, -0.2) is 157 Å². The van der Waals surface area contributed by atoms with Gasteiger partial charge >= 0.3 is 11.9 Å². The van der Waals surface area contributed by atoms with Gasteiger partial charge in [-0.1, -0.05) is 62.7 Å². The number of amides is 7. The van der Waals surface area contributed by atoms with Crippen LogP contribution >= 0.6 is 0 Å². The molecule has 0 radical (unpaired) electrons. The van der Waals surface area contributed by atoms with Gasteiger partial charge in [-0.3, -0.25) is 43.3 Å². The molecule has 1 fully saturated rings. The van der Waals surface area contributed by atoms with Crippen molar-refractivity contribution in [2.24, 2.45) is 33.8 Å². The molecule has 1 saturated heterocycles. The van der Waals surface area contributed by atoms with Gasteiger partial charge in [0.1, 0.15) is 48.0 Å². The number of carbonyl (C=O) groups excluding carboxylic acids is 7. The van der Waals surface area contributed by atoms with Crippen LogP contribution in [0.15, 0.2) is 72.1 Å². The quantitative estimate of drug-likeness (QED) is 0.0186. The zero-order valence-corrected chi connectivity index (χ0v) is 43.3. The van der Waals surface area contributed by atoms with Gasteiger partial charge in [0.15, 0.2) is 5.96 Å². The fourth-order valence-electron chi connectivity index (χ4n) is 8.57. The average Bonchev–Trinajstić information content (AvgIpc) is 4.12. The molecule has 4 rings (SSSR count). The van der Waals surface area contributed by atoms with E-state index in [4.69, 9.17) is 22.9 Å². The van der Waals surface area contributed by atoms with E-state index in [0.29, 0.717) is 42.5 Å². The standard InChI is InChI=1S/C51H74N14O12/c1-3-29(2)42(48(74)62-38(25-32-27-56-28-58-32)49(75)65-22-10-15-40(65)47(73)63-39(50(76)77)24-30-11-5-4-6-12-30)64-46(72)37(23-31-16-18-33(66)19-17-31)61-45(71)35(13-7-8-20-52)60-44(70)36(14-9-21-57-51(54)55)59-43(69)34(53)26-41(67)68/h4-6,11-12,16-19,27-29,34-40,42,66H,3,7-10,13-15,20-26,52-53H2,1-2H3,(H,56,58)(H,59,69)(H,60,70)(H,61,71)(H,62,74)(H,63,73)(H,64,72)(H,67,68)(H,76,77)(H4,54,55,57)/t29-,34-,35-,36-,37-,38-,39-,40-,42-/m0/s1. The molecular weight excluding hydrogens is 1000 g/mol. The van der Waals surface area contributed by atoms with Crippen LogP contribution in [0.2, 0.25) is 0 Å². The number of aromatic amines is 1. The van der Waals surface area contributed by atoms with Gasteiger partial charge in [0.25, 0.3) is 0 Å². The van der Waals surface area contributed by atoms with E-state index in [2.05, 4.69) is 46.9 Å². The number of unbranched alkanes of at least 4 members (excludes halogenated alkanes) is 1. The maximum absolute atomic E-state index is 14.6. The summed E-state index contributed by atoms with van der Waals surface area (Å²) < 4.78 is 0. The van der Waals surface area contributed by atoms with E-state index in [1.54, 1.807) is 44.2 Å². The molecule has 1 aliphatic heterocycles. The van der Waals surface area contributed by atoms with E-state index in [-0.39, 0.29) is 76.3 Å². The summed E-state index contributed by atoms with van der Waals surface area (Å²) in [7, 11) is 0. The Kier molecular flexibility index (Phi) is 24.8. The number of aromatic nitrogens is 2. The summed E-state index contributed by atoms with van der Waals surface area (Å²) in [5.74, 6) is -9.07. The number of carboxylic acids is 2. The lowest BCUT2D eigenvalue weighted by Gasteiger charge is -2.32. The van der Waals surface area contributed by atoms with Crippen LogP contribution in [0.3, 0.4) is 0 Å². The third kappa shape index (κ3) is 20.2. The lowest BCUT2D eigenvalue weighted by atomic mass is 9.96. The number of imidazole rings is 1. The van der Waals surface area contributed by atoms with Crippen LogP contribution in [0.4, 0.5) is 0 Å². The molecule has 0 saturated carbocycles. The third-order valence-electron chi connectivity index (χ3n) is 13.0. The van der Waals surface area contributed by atoms with Crippen molar-refractivity contribution >= 4 is 59.2 Å². The van der Waals surface area contributed by atoms with E-state index >= 15 is 0 Å². The van der Waals surface area contributed by atoms with E-state index in [0.717, 1.165) is 0 Å². The largest absolute Gasteiger partial charge is 0.508 e. The first-order valence-electron chi connectivity index (χ1n) is 25.6. The number of phenolic OH excluding ortho intramolecular Hbond substituents is 1. The summed E-state index contributed by atoms with van der Waals surface area (Å²) in [5, 5.41) is 45.2. The Morgan fingerprint density at radius 1 is 0.740 bits per heavy atom. The van der Waals surface area contributed by atoms with E-state index in [1.165, 1.54) is 41.7 Å². The Balaban J connectivity index is 1.61. The summed E-state index contributed by atoms with van der Waals surface area (Å²) in [6.45, 7) is 3.89. The molecule has 2 heterocycles. The minimum absolute atomic E-state index is 0.00502. The SMILES string of the molecule is CC[C@H](C)[C@H](NC(=O)[C@H](Cc1ccc(O)cc1)NC(=O)[C@H](CCCCN)NC(=O)[C@H](CCCN=C(N)N)NC(=O)[C@@H](N)CC(=O)O)C(=O)N[C@@H](Cc1cnc[nH]1)C(=O)N1CCC[C@H]1C(=O)N[C@@H](Cc1ccccc1)C(=O)O. The van der Waals surface area contributed by atoms with E-state index in [9.17, 15) is 58.5 Å². The van der Waals surface area contributed by atoms with Crippen LogP contribution in [0.1, 0.15) is 88.5 Å². The Hall–Kier alpha value is -8.13. The number of rotatable bonds is 32. The molecule has 1 aromatic heterocycles.